The van der Waals surface area contributed by atoms with Crippen LogP contribution in [0.2, 0.25) is 0 Å². The molecule has 6 nitrogen and oxygen atoms in total. The predicted octanol–water partition coefficient (Wildman–Crippen LogP) is 4.66. The molecule has 1 fully saturated rings. The zero-order valence-corrected chi connectivity index (χ0v) is 16.8. The van der Waals surface area contributed by atoms with Crippen LogP contribution in [-0.2, 0) is 11.3 Å². The Morgan fingerprint density at radius 3 is 2.69 bits per heavy atom. The van der Waals surface area contributed by atoms with Crippen molar-refractivity contribution in [1.82, 2.24) is 20.1 Å². The number of aromatic nitrogens is 3. The van der Waals surface area contributed by atoms with Gasteiger partial charge in [-0.15, -0.1) is 10.2 Å². The maximum absolute atomic E-state index is 13.2. The van der Waals surface area contributed by atoms with E-state index in [0.29, 0.717) is 17.7 Å². The largest absolute Gasteiger partial charge is 0.410 e. The molecule has 0 unspecified atom stereocenters. The molecular weight excluding hydrogens is 391 g/mol. The second-order valence-corrected chi connectivity index (χ2v) is 8.11. The van der Waals surface area contributed by atoms with Crippen molar-refractivity contribution in [1.29, 1.82) is 0 Å². The van der Waals surface area contributed by atoms with Crippen LogP contribution in [0.5, 0.6) is 0 Å². The van der Waals surface area contributed by atoms with Gasteiger partial charge in [-0.1, -0.05) is 43.2 Å². The number of nitrogens with one attached hydrogen (secondary N) is 1. The number of carbonyl (C=O) groups excluding carboxylic acids is 1. The molecule has 3 aromatic rings. The van der Waals surface area contributed by atoms with E-state index in [4.69, 9.17) is 4.42 Å². The number of aromatic amines is 1. The van der Waals surface area contributed by atoms with E-state index < -0.39 is 0 Å². The van der Waals surface area contributed by atoms with Crippen LogP contribution in [0.4, 0.5) is 4.39 Å². The highest BCUT2D eigenvalue weighted by Crippen LogP contribution is 2.27. The SMILES string of the molecule is O=C(CSc1nnc(-c2ccc[nH]2)o1)N(Cc1ccc(F)cc1)C1CCCCC1. The highest BCUT2D eigenvalue weighted by molar-refractivity contribution is 7.99. The number of H-pyrrole nitrogens is 1. The van der Waals surface area contributed by atoms with E-state index in [0.717, 1.165) is 36.9 Å². The molecule has 8 heteroatoms. The second-order valence-electron chi connectivity index (χ2n) is 7.19. The number of rotatable bonds is 7. The van der Waals surface area contributed by atoms with E-state index >= 15 is 0 Å². The van der Waals surface area contributed by atoms with Gasteiger partial charge in [0.05, 0.1) is 5.75 Å². The van der Waals surface area contributed by atoms with Gasteiger partial charge in [0.25, 0.3) is 11.1 Å². The summed E-state index contributed by atoms with van der Waals surface area (Å²) in [5.74, 6) is 0.393. The second kappa shape index (κ2) is 9.26. The maximum Gasteiger partial charge on any atom is 0.277 e. The normalized spacial score (nSPS) is 14.8. The fourth-order valence-corrected chi connectivity index (χ4v) is 4.30. The van der Waals surface area contributed by atoms with Crippen LogP contribution in [0.15, 0.2) is 52.2 Å². The van der Waals surface area contributed by atoms with E-state index in [9.17, 15) is 9.18 Å². The first-order valence-corrected chi connectivity index (χ1v) is 10.8. The minimum atomic E-state index is -0.269. The fraction of sp³-hybridized carbons (Fsp3) is 0.381. The molecule has 1 aliphatic carbocycles. The summed E-state index contributed by atoms with van der Waals surface area (Å²) in [6.45, 7) is 0.488. The Morgan fingerprint density at radius 1 is 1.17 bits per heavy atom. The molecule has 1 aliphatic rings. The molecule has 1 aromatic carbocycles. The van der Waals surface area contributed by atoms with Crippen molar-refractivity contribution in [2.75, 3.05) is 5.75 Å². The lowest BCUT2D eigenvalue weighted by molar-refractivity contribution is -0.132. The van der Waals surface area contributed by atoms with Gasteiger partial charge in [0.2, 0.25) is 5.91 Å². The standard InChI is InChI=1S/C21H23FN4O2S/c22-16-10-8-15(9-11-16)13-26(17-5-2-1-3-6-17)19(27)14-29-21-25-24-20(28-21)18-7-4-12-23-18/h4,7-12,17,23H,1-3,5-6,13-14H2. The molecule has 152 valence electrons. The highest BCUT2D eigenvalue weighted by Gasteiger charge is 2.26. The summed E-state index contributed by atoms with van der Waals surface area (Å²) in [5.41, 5.74) is 1.68. The smallest absolute Gasteiger partial charge is 0.277 e. The summed E-state index contributed by atoms with van der Waals surface area (Å²) >= 11 is 1.25. The Balaban J connectivity index is 1.42. The van der Waals surface area contributed by atoms with E-state index in [1.54, 1.807) is 18.3 Å². The average Bonchev–Trinajstić information content (AvgIpc) is 3.44. The summed E-state index contributed by atoms with van der Waals surface area (Å²) < 4.78 is 18.9. The Hall–Kier alpha value is -2.61. The van der Waals surface area contributed by atoms with E-state index in [-0.39, 0.29) is 23.5 Å². The molecule has 29 heavy (non-hydrogen) atoms. The average molecular weight is 415 g/mol. The van der Waals surface area contributed by atoms with Gasteiger partial charge in [-0.05, 0) is 42.7 Å². The minimum absolute atomic E-state index is 0.0332. The molecule has 0 aliphatic heterocycles. The summed E-state index contributed by atoms with van der Waals surface area (Å²) in [7, 11) is 0. The van der Waals surface area contributed by atoms with Crippen LogP contribution in [-0.4, -0.2) is 37.8 Å². The van der Waals surface area contributed by atoms with Crippen LogP contribution in [0, 0.1) is 5.82 Å². The van der Waals surface area contributed by atoms with E-state index in [1.807, 2.05) is 17.0 Å². The third-order valence-corrected chi connectivity index (χ3v) is 5.96. The first-order valence-electron chi connectivity index (χ1n) is 9.83. The topological polar surface area (TPSA) is 75.0 Å². The van der Waals surface area contributed by atoms with Crippen molar-refractivity contribution in [3.05, 3.63) is 54.0 Å². The number of hydrogen-bond donors (Lipinski definition) is 1. The minimum Gasteiger partial charge on any atom is -0.410 e. The third kappa shape index (κ3) is 5.06. The summed E-state index contributed by atoms with van der Waals surface area (Å²) in [4.78, 5) is 18.0. The number of carbonyl (C=O) groups is 1. The van der Waals surface area contributed by atoms with E-state index in [1.165, 1.54) is 30.3 Å². The number of amides is 1. The van der Waals surface area contributed by atoms with Crippen molar-refractivity contribution < 1.29 is 13.6 Å². The van der Waals surface area contributed by atoms with Gasteiger partial charge in [-0.3, -0.25) is 4.79 Å². The molecule has 0 saturated heterocycles. The summed E-state index contributed by atoms with van der Waals surface area (Å²) in [6.07, 6.45) is 7.29. The lowest BCUT2D eigenvalue weighted by atomic mass is 9.94. The van der Waals surface area contributed by atoms with Crippen LogP contribution in [0.1, 0.15) is 37.7 Å². The van der Waals surface area contributed by atoms with Gasteiger partial charge in [0.15, 0.2) is 0 Å². The number of halogens is 1. The molecule has 1 N–H and O–H groups in total. The number of benzene rings is 1. The molecule has 0 radical (unpaired) electrons. The van der Waals surface area contributed by atoms with Crippen LogP contribution < -0.4 is 0 Å². The molecule has 2 aromatic heterocycles. The Labute approximate surface area is 172 Å². The molecule has 0 spiro atoms. The number of hydrogen-bond acceptors (Lipinski definition) is 5. The third-order valence-electron chi connectivity index (χ3n) is 5.16. The fourth-order valence-electron chi connectivity index (χ4n) is 3.65. The lowest BCUT2D eigenvalue weighted by Crippen LogP contribution is -2.41. The Bertz CT molecular complexity index is 921. The summed E-state index contributed by atoms with van der Waals surface area (Å²) in [6, 6.07) is 10.3. The first kappa shape index (κ1) is 19.7. The molecule has 2 heterocycles. The van der Waals surface area contributed by atoms with Crippen molar-refractivity contribution in [3.63, 3.8) is 0 Å². The predicted molar refractivity (Wildman–Crippen MR) is 109 cm³/mol. The highest BCUT2D eigenvalue weighted by atomic mass is 32.2. The molecule has 0 bridgehead atoms. The molecule has 1 saturated carbocycles. The van der Waals surface area contributed by atoms with Crippen LogP contribution in [0.25, 0.3) is 11.6 Å². The number of nitrogens with zero attached hydrogens (tertiary/aromatic N) is 3. The van der Waals surface area contributed by atoms with E-state index in [2.05, 4.69) is 15.2 Å². The van der Waals surface area contributed by atoms with Gasteiger partial charge < -0.3 is 14.3 Å². The molecule has 0 atom stereocenters. The van der Waals surface area contributed by atoms with Crippen LogP contribution in [0.3, 0.4) is 0 Å². The molecule has 4 rings (SSSR count). The van der Waals surface area contributed by atoms with Crippen molar-refractivity contribution in [3.8, 4) is 11.6 Å². The molecule has 1 amide bonds. The monoisotopic (exact) mass is 414 g/mol. The Kier molecular flexibility index (Phi) is 6.29. The maximum atomic E-state index is 13.2. The lowest BCUT2D eigenvalue weighted by Gasteiger charge is -2.34. The number of thioether (sulfide) groups is 1. The van der Waals surface area contributed by atoms with Gasteiger partial charge >= 0.3 is 0 Å². The van der Waals surface area contributed by atoms with Gasteiger partial charge in [0, 0.05) is 18.8 Å². The van der Waals surface area contributed by atoms with Crippen molar-refractivity contribution in [2.24, 2.45) is 0 Å². The Morgan fingerprint density at radius 2 is 1.97 bits per heavy atom. The van der Waals surface area contributed by atoms with Gasteiger partial charge in [0.1, 0.15) is 11.5 Å². The molecular formula is C21H23FN4O2S. The zero-order valence-electron chi connectivity index (χ0n) is 16.0. The quantitative estimate of drug-likeness (QED) is 0.569. The summed E-state index contributed by atoms with van der Waals surface area (Å²) in [5, 5.41) is 8.41. The zero-order chi connectivity index (χ0) is 20.1. The first-order chi connectivity index (χ1) is 14.2. The van der Waals surface area contributed by atoms with Crippen LogP contribution >= 0.6 is 11.8 Å². The van der Waals surface area contributed by atoms with Gasteiger partial charge in [-0.2, -0.15) is 0 Å². The van der Waals surface area contributed by atoms with Crippen molar-refractivity contribution >= 4 is 17.7 Å². The van der Waals surface area contributed by atoms with Gasteiger partial charge in [-0.25, -0.2) is 4.39 Å². The van der Waals surface area contributed by atoms with Crippen molar-refractivity contribution in [2.45, 2.75) is 49.9 Å².